The standard InChI is InChI=1S/C12H19NO/c1-7-5-12(4)10(6-13-11(12)14)9(3)8(7)2/h5,8-10H,6H2,1-4H3,(H,13,14)/t8-,9+,10+,12-/m1/s1. The minimum atomic E-state index is -0.240. The number of fused-ring (bicyclic) bond motifs is 1. The van der Waals surface area contributed by atoms with Crippen LogP contribution in [0.5, 0.6) is 0 Å². The summed E-state index contributed by atoms with van der Waals surface area (Å²) in [6, 6.07) is 0. The Bertz CT molecular complexity index is 307. The fraction of sp³-hybridized carbons (Fsp3) is 0.750. The minimum Gasteiger partial charge on any atom is -0.355 e. The summed E-state index contributed by atoms with van der Waals surface area (Å²) in [7, 11) is 0. The van der Waals surface area contributed by atoms with E-state index in [1.165, 1.54) is 5.57 Å². The molecule has 4 atom stereocenters. The molecule has 0 spiro atoms. The highest BCUT2D eigenvalue weighted by Crippen LogP contribution is 2.47. The average molecular weight is 193 g/mol. The molecule has 0 bridgehead atoms. The average Bonchev–Trinajstić information content (AvgIpc) is 2.40. The van der Waals surface area contributed by atoms with Gasteiger partial charge in [-0.1, -0.05) is 25.5 Å². The van der Waals surface area contributed by atoms with Gasteiger partial charge in [0.05, 0.1) is 5.41 Å². The molecular weight excluding hydrogens is 174 g/mol. The zero-order chi connectivity index (χ0) is 10.5. The van der Waals surface area contributed by atoms with Crippen molar-refractivity contribution in [1.82, 2.24) is 5.32 Å². The van der Waals surface area contributed by atoms with Crippen molar-refractivity contribution in [3.63, 3.8) is 0 Å². The molecule has 0 unspecified atom stereocenters. The van der Waals surface area contributed by atoms with Crippen molar-refractivity contribution in [1.29, 1.82) is 0 Å². The molecular formula is C12H19NO. The van der Waals surface area contributed by atoms with Gasteiger partial charge >= 0.3 is 0 Å². The number of rotatable bonds is 0. The number of amides is 1. The van der Waals surface area contributed by atoms with E-state index in [9.17, 15) is 4.79 Å². The second-order valence-electron chi connectivity index (χ2n) is 5.14. The van der Waals surface area contributed by atoms with E-state index in [0.29, 0.717) is 17.8 Å². The third kappa shape index (κ3) is 1.06. The molecule has 2 rings (SSSR count). The Hall–Kier alpha value is -0.790. The van der Waals surface area contributed by atoms with Crippen LogP contribution in [0.4, 0.5) is 0 Å². The van der Waals surface area contributed by atoms with Crippen LogP contribution in [0.25, 0.3) is 0 Å². The number of allylic oxidation sites excluding steroid dienone is 1. The van der Waals surface area contributed by atoms with E-state index in [-0.39, 0.29) is 11.3 Å². The molecule has 1 N–H and O–H groups in total. The van der Waals surface area contributed by atoms with E-state index >= 15 is 0 Å². The molecule has 0 aromatic carbocycles. The van der Waals surface area contributed by atoms with Crippen LogP contribution in [-0.2, 0) is 4.79 Å². The molecule has 0 aromatic heterocycles. The lowest BCUT2D eigenvalue weighted by molar-refractivity contribution is -0.126. The van der Waals surface area contributed by atoms with Crippen LogP contribution >= 0.6 is 0 Å². The van der Waals surface area contributed by atoms with Crippen molar-refractivity contribution < 1.29 is 4.79 Å². The lowest BCUT2D eigenvalue weighted by Crippen LogP contribution is -2.39. The van der Waals surface area contributed by atoms with Crippen molar-refractivity contribution in [3.8, 4) is 0 Å². The van der Waals surface area contributed by atoms with Crippen LogP contribution in [-0.4, -0.2) is 12.5 Å². The van der Waals surface area contributed by atoms with Crippen LogP contribution in [0.1, 0.15) is 27.7 Å². The van der Waals surface area contributed by atoms with Gasteiger partial charge in [-0.05, 0) is 31.6 Å². The lowest BCUT2D eigenvalue weighted by Gasteiger charge is -2.39. The van der Waals surface area contributed by atoms with E-state index in [2.05, 4.69) is 39.1 Å². The van der Waals surface area contributed by atoms with Crippen molar-refractivity contribution in [2.75, 3.05) is 6.54 Å². The summed E-state index contributed by atoms with van der Waals surface area (Å²) in [5.41, 5.74) is 1.13. The van der Waals surface area contributed by atoms with Crippen LogP contribution in [0.2, 0.25) is 0 Å². The Kier molecular flexibility index (Phi) is 1.98. The lowest BCUT2D eigenvalue weighted by atomic mass is 9.63. The molecule has 1 amide bonds. The second kappa shape index (κ2) is 2.85. The van der Waals surface area contributed by atoms with Gasteiger partial charge in [0, 0.05) is 6.54 Å². The Morgan fingerprint density at radius 1 is 1.50 bits per heavy atom. The van der Waals surface area contributed by atoms with Crippen molar-refractivity contribution >= 4 is 5.91 Å². The highest BCUT2D eigenvalue weighted by Gasteiger charge is 2.50. The first-order valence-electron chi connectivity index (χ1n) is 5.44. The summed E-state index contributed by atoms with van der Waals surface area (Å²) in [5, 5.41) is 2.99. The van der Waals surface area contributed by atoms with Crippen LogP contribution in [0.15, 0.2) is 11.6 Å². The molecule has 1 aliphatic carbocycles. The van der Waals surface area contributed by atoms with Gasteiger partial charge in [0.1, 0.15) is 0 Å². The zero-order valence-corrected chi connectivity index (χ0v) is 9.42. The molecule has 14 heavy (non-hydrogen) atoms. The molecule has 0 saturated carbocycles. The van der Waals surface area contributed by atoms with Gasteiger partial charge in [-0.15, -0.1) is 0 Å². The van der Waals surface area contributed by atoms with Crippen molar-refractivity contribution in [2.24, 2.45) is 23.2 Å². The first-order chi connectivity index (χ1) is 6.47. The van der Waals surface area contributed by atoms with Gasteiger partial charge in [-0.25, -0.2) is 0 Å². The number of hydrogen-bond donors (Lipinski definition) is 1. The minimum absolute atomic E-state index is 0.209. The van der Waals surface area contributed by atoms with E-state index in [4.69, 9.17) is 0 Å². The third-order valence-corrected chi connectivity index (χ3v) is 4.41. The normalized spacial score (nSPS) is 47.0. The van der Waals surface area contributed by atoms with Gasteiger partial charge in [0.15, 0.2) is 0 Å². The second-order valence-corrected chi connectivity index (χ2v) is 5.14. The van der Waals surface area contributed by atoms with Crippen molar-refractivity contribution in [3.05, 3.63) is 11.6 Å². The van der Waals surface area contributed by atoms with Gasteiger partial charge in [-0.3, -0.25) is 4.79 Å². The number of nitrogens with one attached hydrogen (secondary N) is 1. The maximum atomic E-state index is 11.8. The van der Waals surface area contributed by atoms with Gasteiger partial charge in [0.2, 0.25) is 5.91 Å². The highest BCUT2D eigenvalue weighted by molar-refractivity contribution is 5.87. The maximum absolute atomic E-state index is 11.8. The summed E-state index contributed by atoms with van der Waals surface area (Å²) in [4.78, 5) is 11.8. The number of carbonyl (C=O) groups is 1. The third-order valence-electron chi connectivity index (χ3n) is 4.41. The SMILES string of the molecule is CC1=C[C@@]2(C)C(=O)NC[C@H]2[C@@H](C)[C@@H]1C. The first kappa shape index (κ1) is 9.75. The first-order valence-corrected chi connectivity index (χ1v) is 5.44. The number of hydrogen-bond acceptors (Lipinski definition) is 1. The zero-order valence-electron chi connectivity index (χ0n) is 9.42. The van der Waals surface area contributed by atoms with E-state index in [0.717, 1.165) is 6.54 Å². The Morgan fingerprint density at radius 3 is 2.79 bits per heavy atom. The van der Waals surface area contributed by atoms with Crippen LogP contribution in [0, 0.1) is 23.2 Å². The summed E-state index contributed by atoms with van der Waals surface area (Å²) >= 11 is 0. The van der Waals surface area contributed by atoms with E-state index in [1.807, 2.05) is 0 Å². The maximum Gasteiger partial charge on any atom is 0.230 e. The fourth-order valence-corrected chi connectivity index (χ4v) is 3.05. The molecule has 2 aliphatic rings. The molecule has 1 aliphatic heterocycles. The van der Waals surface area contributed by atoms with Gasteiger partial charge < -0.3 is 5.32 Å². The quantitative estimate of drug-likeness (QED) is 0.585. The molecule has 0 aromatic rings. The van der Waals surface area contributed by atoms with Gasteiger partial charge in [0.25, 0.3) is 0 Å². The Labute approximate surface area is 85.8 Å². The monoisotopic (exact) mass is 193 g/mol. The summed E-state index contributed by atoms with van der Waals surface area (Å²) in [6.07, 6.45) is 2.19. The molecule has 0 radical (unpaired) electrons. The molecule has 1 saturated heterocycles. The number of carbonyl (C=O) groups excluding carboxylic acids is 1. The fourth-order valence-electron chi connectivity index (χ4n) is 3.05. The molecule has 1 heterocycles. The largest absolute Gasteiger partial charge is 0.355 e. The molecule has 2 heteroatoms. The van der Waals surface area contributed by atoms with Gasteiger partial charge in [-0.2, -0.15) is 0 Å². The van der Waals surface area contributed by atoms with E-state index < -0.39 is 0 Å². The Morgan fingerprint density at radius 2 is 2.14 bits per heavy atom. The summed E-state index contributed by atoms with van der Waals surface area (Å²) in [5.74, 6) is 1.90. The molecule has 1 fully saturated rings. The summed E-state index contributed by atoms with van der Waals surface area (Å²) in [6.45, 7) is 9.61. The predicted molar refractivity (Wildman–Crippen MR) is 56.7 cm³/mol. The molecule has 78 valence electrons. The topological polar surface area (TPSA) is 29.1 Å². The van der Waals surface area contributed by atoms with Crippen LogP contribution in [0.3, 0.4) is 0 Å². The van der Waals surface area contributed by atoms with Crippen molar-refractivity contribution in [2.45, 2.75) is 27.7 Å². The predicted octanol–water partition coefficient (Wildman–Crippen LogP) is 1.97. The van der Waals surface area contributed by atoms with Crippen LogP contribution < -0.4 is 5.32 Å². The summed E-state index contributed by atoms with van der Waals surface area (Å²) < 4.78 is 0. The smallest absolute Gasteiger partial charge is 0.230 e. The highest BCUT2D eigenvalue weighted by atomic mass is 16.2. The molecule has 2 nitrogen and oxygen atoms in total. The Balaban J connectivity index is 2.45. The van der Waals surface area contributed by atoms with E-state index in [1.54, 1.807) is 0 Å².